The van der Waals surface area contributed by atoms with Crippen LogP contribution in [-0.4, -0.2) is 10.2 Å². The van der Waals surface area contributed by atoms with Gasteiger partial charge in [0.15, 0.2) is 0 Å². The molecule has 31 heavy (non-hydrogen) atoms. The maximum Gasteiger partial charge on any atom is 0.106 e. The lowest BCUT2D eigenvalue weighted by molar-refractivity contribution is -0.0541. The van der Waals surface area contributed by atoms with Gasteiger partial charge >= 0.3 is 0 Å². The molecule has 0 fully saturated rings. The van der Waals surface area contributed by atoms with Gasteiger partial charge in [-0.15, -0.1) is 5.48 Å². The topological polar surface area (TPSA) is 28.3 Å². The molecule has 5 heteroatoms. The van der Waals surface area contributed by atoms with E-state index in [4.69, 9.17) is 28.0 Å². The molecule has 0 aliphatic heterocycles. The average Bonchev–Trinajstić information content (AvgIpc) is 3.27. The van der Waals surface area contributed by atoms with Crippen LogP contribution in [0.5, 0.6) is 0 Å². The molecule has 0 atom stereocenters. The fourth-order valence-corrected chi connectivity index (χ4v) is 3.51. The van der Waals surface area contributed by atoms with Crippen LogP contribution < -0.4 is 5.48 Å². The lowest BCUT2D eigenvalue weighted by atomic mass is 9.95. The van der Waals surface area contributed by atoms with Crippen molar-refractivity contribution in [1.29, 1.82) is 0 Å². The Hall–Kier alpha value is -2.72. The molecule has 0 bridgehead atoms. The molecule has 1 aromatic heterocycles. The van der Waals surface area contributed by atoms with Crippen LogP contribution in [0.4, 0.5) is 5.69 Å². The van der Waals surface area contributed by atoms with Gasteiger partial charge in [-0.05, 0) is 80.4 Å². The minimum Gasteiger partial charge on any atom is -0.324 e. The first-order chi connectivity index (χ1) is 14.8. The van der Waals surface area contributed by atoms with Gasteiger partial charge in [-0.3, -0.25) is 0 Å². The van der Waals surface area contributed by atoms with E-state index in [9.17, 15) is 0 Å². The van der Waals surface area contributed by atoms with Crippen molar-refractivity contribution in [2.45, 2.75) is 26.4 Å². The molecule has 157 valence electrons. The van der Waals surface area contributed by atoms with Crippen LogP contribution in [0.3, 0.4) is 0 Å². The van der Waals surface area contributed by atoms with Crippen LogP contribution in [-0.2, 0) is 4.84 Å². The van der Waals surface area contributed by atoms with Crippen molar-refractivity contribution in [2.24, 2.45) is 0 Å². The molecule has 3 aromatic carbocycles. The van der Waals surface area contributed by atoms with E-state index in [1.807, 2.05) is 93.8 Å². The van der Waals surface area contributed by atoms with E-state index in [0.29, 0.717) is 10.0 Å². The zero-order valence-electron chi connectivity index (χ0n) is 17.6. The zero-order valence-corrected chi connectivity index (χ0v) is 19.2. The van der Waals surface area contributed by atoms with Gasteiger partial charge in [-0.2, -0.15) is 0 Å². The van der Waals surface area contributed by atoms with E-state index in [2.05, 4.69) is 22.2 Å². The molecule has 4 aromatic rings. The molecule has 0 aliphatic rings. The second-order valence-electron chi connectivity index (χ2n) is 8.29. The Balaban J connectivity index is 1.97. The number of hydrogen-bond donors (Lipinski definition) is 0. The summed E-state index contributed by atoms with van der Waals surface area (Å²) in [5, 5.41) is 1.38. The third-order valence-electron chi connectivity index (χ3n) is 4.72. The van der Waals surface area contributed by atoms with Gasteiger partial charge in [0, 0.05) is 39.3 Å². The van der Waals surface area contributed by atoms with Crippen molar-refractivity contribution in [1.82, 2.24) is 10.0 Å². The fraction of sp³-hybridized carbons (Fsp3) is 0.154. The lowest BCUT2D eigenvalue weighted by Gasteiger charge is -2.22. The fourth-order valence-electron chi connectivity index (χ4n) is 3.25. The second-order valence-corrected chi connectivity index (χ2v) is 9.16. The normalized spacial score (nSPS) is 11.5. The van der Waals surface area contributed by atoms with Crippen LogP contribution in [0.25, 0.3) is 27.9 Å². The quantitative estimate of drug-likeness (QED) is 0.283. The van der Waals surface area contributed by atoms with E-state index in [-0.39, 0.29) is 0 Å². The smallest absolute Gasteiger partial charge is 0.106 e. The molecule has 0 saturated carbocycles. The highest BCUT2D eigenvalue weighted by Gasteiger charge is 2.20. The Kier molecular flexibility index (Phi) is 6.10. The van der Waals surface area contributed by atoms with Gasteiger partial charge in [0.25, 0.3) is 0 Å². The summed E-state index contributed by atoms with van der Waals surface area (Å²) >= 11 is 12.3. The van der Waals surface area contributed by atoms with Crippen molar-refractivity contribution in [3.8, 4) is 27.9 Å². The number of halogens is 2. The third-order valence-corrected chi connectivity index (χ3v) is 5.22. The first-order valence-electron chi connectivity index (χ1n) is 10.0. The van der Waals surface area contributed by atoms with Gasteiger partial charge in [0.2, 0.25) is 0 Å². The van der Waals surface area contributed by atoms with E-state index < -0.39 is 5.60 Å². The molecule has 1 radical (unpaired) electrons. The Morgan fingerprint density at radius 2 is 1.19 bits per heavy atom. The Labute approximate surface area is 193 Å². The van der Waals surface area contributed by atoms with E-state index in [1.54, 1.807) is 0 Å². The first-order valence-corrected chi connectivity index (χ1v) is 10.8. The number of nitrogens with zero attached hydrogens (tertiary/aromatic N) is 2. The van der Waals surface area contributed by atoms with Gasteiger partial charge in [-0.25, -0.2) is 4.84 Å². The SMILES string of the molecule is CC(C)(C)O[N]c1c(-c2ccc(Cl)cc2)cc(-n2cccc2)cc1-c1ccc(Cl)cc1. The van der Waals surface area contributed by atoms with Crippen LogP contribution in [0.15, 0.2) is 85.2 Å². The molecule has 4 rings (SSSR count). The largest absolute Gasteiger partial charge is 0.324 e. The van der Waals surface area contributed by atoms with E-state index in [1.165, 1.54) is 0 Å². The van der Waals surface area contributed by atoms with Crippen LogP contribution in [0, 0.1) is 0 Å². The van der Waals surface area contributed by atoms with E-state index in [0.717, 1.165) is 33.6 Å². The van der Waals surface area contributed by atoms with Gasteiger partial charge in [0.1, 0.15) is 5.69 Å². The zero-order chi connectivity index (χ0) is 22.0. The summed E-state index contributed by atoms with van der Waals surface area (Å²) in [5.41, 5.74) is 9.90. The minimum atomic E-state index is -0.423. The lowest BCUT2D eigenvalue weighted by Crippen LogP contribution is -2.23. The van der Waals surface area contributed by atoms with Crippen molar-refractivity contribution in [2.75, 3.05) is 0 Å². The number of aromatic nitrogens is 1. The number of hydrogen-bond acceptors (Lipinski definition) is 1. The summed E-state index contributed by atoms with van der Waals surface area (Å²) in [6.45, 7) is 5.94. The molecule has 0 aliphatic carbocycles. The maximum atomic E-state index is 6.15. The summed E-state index contributed by atoms with van der Waals surface area (Å²) in [5.74, 6) is 0. The van der Waals surface area contributed by atoms with E-state index >= 15 is 0 Å². The highest BCUT2D eigenvalue weighted by atomic mass is 35.5. The first kappa shape index (κ1) is 21.5. The number of rotatable bonds is 5. The summed E-state index contributed by atoms with van der Waals surface area (Å²) < 4.78 is 2.08. The highest BCUT2D eigenvalue weighted by Crippen LogP contribution is 2.40. The minimum absolute atomic E-state index is 0.423. The second kappa shape index (κ2) is 8.80. The molecule has 0 spiro atoms. The molecular formula is C26H23Cl2N2O. The monoisotopic (exact) mass is 449 g/mol. The summed E-state index contributed by atoms with van der Waals surface area (Å²) in [6, 6.07) is 23.8. The molecular weight excluding hydrogens is 427 g/mol. The maximum absolute atomic E-state index is 6.15. The van der Waals surface area contributed by atoms with Gasteiger partial charge in [-0.1, -0.05) is 47.5 Å². The number of benzene rings is 3. The Morgan fingerprint density at radius 3 is 1.61 bits per heavy atom. The molecule has 0 N–H and O–H groups in total. The Morgan fingerprint density at radius 1 is 0.742 bits per heavy atom. The van der Waals surface area contributed by atoms with Crippen molar-refractivity contribution in [3.05, 3.63) is 95.2 Å². The molecule has 0 amide bonds. The molecule has 0 saturated heterocycles. The molecule has 3 nitrogen and oxygen atoms in total. The average molecular weight is 450 g/mol. The summed E-state index contributed by atoms with van der Waals surface area (Å²) in [4.78, 5) is 5.88. The van der Waals surface area contributed by atoms with Crippen molar-refractivity contribution in [3.63, 3.8) is 0 Å². The summed E-state index contributed by atoms with van der Waals surface area (Å²) in [6.07, 6.45) is 4.05. The van der Waals surface area contributed by atoms with Crippen molar-refractivity contribution < 1.29 is 4.84 Å². The predicted octanol–water partition coefficient (Wildman–Crippen LogP) is 8.08. The summed E-state index contributed by atoms with van der Waals surface area (Å²) in [7, 11) is 0. The standard InChI is InChI=1S/C26H23Cl2N2O/c1-26(2,3)31-29-25-23(18-6-10-20(27)11-7-18)16-22(30-14-4-5-15-30)17-24(25)19-8-12-21(28)13-9-19/h4-17H,1-3H3. The third kappa shape index (κ3) is 5.13. The van der Waals surface area contributed by atoms with Crippen molar-refractivity contribution >= 4 is 28.9 Å². The van der Waals surface area contributed by atoms with Crippen LogP contribution >= 0.6 is 23.2 Å². The Bertz CT molecular complexity index is 1090. The van der Waals surface area contributed by atoms with Gasteiger partial charge in [0.05, 0.1) is 5.60 Å². The van der Waals surface area contributed by atoms with Crippen LogP contribution in [0.1, 0.15) is 20.8 Å². The highest BCUT2D eigenvalue weighted by molar-refractivity contribution is 6.31. The predicted molar refractivity (Wildman–Crippen MR) is 129 cm³/mol. The molecule has 0 unspecified atom stereocenters. The van der Waals surface area contributed by atoms with Crippen LogP contribution in [0.2, 0.25) is 10.0 Å². The molecule has 1 heterocycles. The van der Waals surface area contributed by atoms with Gasteiger partial charge < -0.3 is 4.57 Å².